The predicted octanol–water partition coefficient (Wildman–Crippen LogP) is 4.89. The Morgan fingerprint density at radius 3 is 2.43 bits per heavy atom. The molecule has 0 aliphatic carbocycles. The molecule has 5 heteroatoms. The molecule has 0 aliphatic heterocycles. The number of thiophene rings is 1. The summed E-state index contributed by atoms with van der Waals surface area (Å²) in [5, 5.41) is 3.19. The summed E-state index contributed by atoms with van der Waals surface area (Å²) in [7, 11) is 1.84. The second-order valence-corrected chi connectivity index (χ2v) is 6.42. The van der Waals surface area contributed by atoms with Crippen molar-refractivity contribution in [1.29, 1.82) is 0 Å². The van der Waals surface area contributed by atoms with Crippen molar-refractivity contribution in [3.63, 3.8) is 0 Å². The van der Waals surface area contributed by atoms with Crippen LogP contribution in [0.5, 0.6) is 0 Å². The maximum atomic E-state index is 12.8. The number of likely N-dealkylation sites (N-methyl/N-ethyl adjacent to an activating group) is 1. The van der Waals surface area contributed by atoms with E-state index in [-0.39, 0.29) is 6.04 Å². The third-order valence-electron chi connectivity index (χ3n) is 3.57. The lowest BCUT2D eigenvalue weighted by molar-refractivity contribution is -0.137. The Labute approximate surface area is 126 Å². The van der Waals surface area contributed by atoms with Crippen LogP contribution in [0.25, 0.3) is 0 Å². The van der Waals surface area contributed by atoms with Crippen molar-refractivity contribution >= 4 is 11.3 Å². The molecule has 1 unspecified atom stereocenters. The van der Waals surface area contributed by atoms with E-state index in [2.05, 4.69) is 18.3 Å². The number of nitrogens with one attached hydrogen (secondary N) is 1. The molecule has 1 aromatic carbocycles. The van der Waals surface area contributed by atoms with Gasteiger partial charge in [-0.15, -0.1) is 11.3 Å². The van der Waals surface area contributed by atoms with Gasteiger partial charge in [0.1, 0.15) is 0 Å². The van der Waals surface area contributed by atoms with Crippen LogP contribution in [0.3, 0.4) is 0 Å². The maximum Gasteiger partial charge on any atom is 0.416 e. The molecule has 1 aromatic heterocycles. The van der Waals surface area contributed by atoms with Gasteiger partial charge in [-0.05, 0) is 50.6 Å². The van der Waals surface area contributed by atoms with Crippen LogP contribution >= 0.6 is 11.3 Å². The van der Waals surface area contributed by atoms with Crippen LogP contribution < -0.4 is 5.32 Å². The molecule has 0 bridgehead atoms. The molecule has 0 amide bonds. The quantitative estimate of drug-likeness (QED) is 0.847. The van der Waals surface area contributed by atoms with E-state index in [1.54, 1.807) is 17.4 Å². The van der Waals surface area contributed by atoms with Crippen LogP contribution in [-0.2, 0) is 12.6 Å². The second kappa shape index (κ2) is 6.20. The van der Waals surface area contributed by atoms with Crippen LogP contribution in [0.2, 0.25) is 0 Å². The van der Waals surface area contributed by atoms with Crippen molar-refractivity contribution in [2.75, 3.05) is 7.05 Å². The number of hydrogen-bond acceptors (Lipinski definition) is 2. The average molecular weight is 313 g/mol. The van der Waals surface area contributed by atoms with Gasteiger partial charge in [-0.3, -0.25) is 0 Å². The van der Waals surface area contributed by atoms with Crippen molar-refractivity contribution in [3.05, 3.63) is 56.8 Å². The minimum absolute atomic E-state index is 0.0332. The first-order valence-corrected chi connectivity index (χ1v) is 7.53. The first-order valence-electron chi connectivity index (χ1n) is 6.71. The van der Waals surface area contributed by atoms with Crippen LogP contribution in [-0.4, -0.2) is 7.05 Å². The molecule has 0 aliphatic rings. The zero-order valence-corrected chi connectivity index (χ0v) is 13.0. The molecule has 2 rings (SSSR count). The molecule has 114 valence electrons. The Kier molecular flexibility index (Phi) is 4.74. The van der Waals surface area contributed by atoms with Gasteiger partial charge in [0.15, 0.2) is 0 Å². The highest BCUT2D eigenvalue weighted by Crippen LogP contribution is 2.32. The lowest BCUT2D eigenvalue weighted by Gasteiger charge is -2.16. The summed E-state index contributed by atoms with van der Waals surface area (Å²) in [6.45, 7) is 4.10. The Bertz CT molecular complexity index is 597. The fourth-order valence-corrected chi connectivity index (χ4v) is 3.38. The van der Waals surface area contributed by atoms with Gasteiger partial charge in [0.05, 0.1) is 5.56 Å². The molecule has 21 heavy (non-hydrogen) atoms. The van der Waals surface area contributed by atoms with Crippen LogP contribution in [0.1, 0.15) is 32.5 Å². The minimum atomic E-state index is -4.29. The Morgan fingerprint density at radius 2 is 1.90 bits per heavy atom. The van der Waals surface area contributed by atoms with Gasteiger partial charge >= 0.3 is 6.18 Å². The number of benzene rings is 1. The summed E-state index contributed by atoms with van der Waals surface area (Å²) in [6, 6.07) is 7.69. The van der Waals surface area contributed by atoms with E-state index >= 15 is 0 Å². The first kappa shape index (κ1) is 16.0. The zero-order valence-electron chi connectivity index (χ0n) is 12.2. The number of aryl methyl sites for hydroxylation is 2. The molecule has 0 saturated carbocycles. The van der Waals surface area contributed by atoms with E-state index in [0.29, 0.717) is 12.0 Å². The van der Waals surface area contributed by atoms with E-state index in [1.165, 1.54) is 22.6 Å². The molecule has 2 aromatic rings. The Hall–Kier alpha value is -1.33. The molecule has 0 saturated heterocycles. The summed E-state index contributed by atoms with van der Waals surface area (Å²) >= 11 is 1.69. The van der Waals surface area contributed by atoms with Crippen molar-refractivity contribution in [1.82, 2.24) is 5.32 Å². The molecule has 1 atom stereocenters. The number of hydrogen-bond donors (Lipinski definition) is 1. The lowest BCUT2D eigenvalue weighted by atomic mass is 10.0. The Balaban J connectivity index is 2.23. The third kappa shape index (κ3) is 3.86. The van der Waals surface area contributed by atoms with Crippen molar-refractivity contribution in [2.45, 2.75) is 32.5 Å². The monoisotopic (exact) mass is 313 g/mol. The first-order chi connectivity index (χ1) is 9.81. The number of rotatable bonds is 4. The molecular weight excluding hydrogens is 295 g/mol. The van der Waals surface area contributed by atoms with Gasteiger partial charge in [-0.2, -0.15) is 13.2 Å². The van der Waals surface area contributed by atoms with Gasteiger partial charge in [0, 0.05) is 15.8 Å². The van der Waals surface area contributed by atoms with Crippen molar-refractivity contribution in [2.24, 2.45) is 0 Å². The highest BCUT2D eigenvalue weighted by molar-refractivity contribution is 7.12. The van der Waals surface area contributed by atoms with E-state index in [0.717, 1.165) is 10.9 Å². The lowest BCUT2D eigenvalue weighted by Crippen LogP contribution is -2.18. The smallest absolute Gasteiger partial charge is 0.312 e. The number of alkyl halides is 3. The zero-order chi connectivity index (χ0) is 15.6. The molecule has 0 fully saturated rings. The normalized spacial score (nSPS) is 13.4. The summed E-state index contributed by atoms with van der Waals surface area (Å²) in [4.78, 5) is 2.40. The summed E-state index contributed by atoms with van der Waals surface area (Å²) in [5.74, 6) is 0. The molecule has 0 spiro atoms. The van der Waals surface area contributed by atoms with E-state index in [1.807, 2.05) is 14.0 Å². The highest BCUT2D eigenvalue weighted by atomic mass is 32.1. The molecule has 0 radical (unpaired) electrons. The fourth-order valence-electron chi connectivity index (χ4n) is 2.23. The van der Waals surface area contributed by atoms with Crippen LogP contribution in [0.15, 0.2) is 30.3 Å². The third-order valence-corrected chi connectivity index (χ3v) is 4.84. The fraction of sp³-hybridized carbons (Fsp3) is 0.375. The molecule has 1 nitrogen and oxygen atoms in total. The van der Waals surface area contributed by atoms with E-state index in [4.69, 9.17) is 0 Å². The van der Waals surface area contributed by atoms with Gasteiger partial charge in [-0.1, -0.05) is 18.2 Å². The van der Waals surface area contributed by atoms with Crippen LogP contribution in [0, 0.1) is 13.8 Å². The predicted molar refractivity (Wildman–Crippen MR) is 80.7 cm³/mol. The maximum absolute atomic E-state index is 12.8. The summed E-state index contributed by atoms with van der Waals surface area (Å²) in [5.41, 5.74) is 1.32. The molecule has 1 heterocycles. The van der Waals surface area contributed by atoms with Crippen molar-refractivity contribution < 1.29 is 13.2 Å². The van der Waals surface area contributed by atoms with Gasteiger partial charge in [-0.25, -0.2) is 0 Å². The molecular formula is C16H18F3NS. The topological polar surface area (TPSA) is 12.0 Å². The van der Waals surface area contributed by atoms with Crippen LogP contribution in [0.4, 0.5) is 13.2 Å². The van der Waals surface area contributed by atoms with E-state index in [9.17, 15) is 13.2 Å². The van der Waals surface area contributed by atoms with Gasteiger partial charge in [0.2, 0.25) is 0 Å². The minimum Gasteiger partial charge on any atom is -0.312 e. The summed E-state index contributed by atoms with van der Waals surface area (Å²) in [6.07, 6.45) is -3.75. The summed E-state index contributed by atoms with van der Waals surface area (Å²) < 4.78 is 38.3. The largest absolute Gasteiger partial charge is 0.416 e. The second-order valence-electron chi connectivity index (χ2n) is 5.13. The van der Waals surface area contributed by atoms with Gasteiger partial charge in [0.25, 0.3) is 0 Å². The number of halogens is 3. The standard InChI is InChI=1S/C16H18F3NS/c1-10-7-15(21-11(10)2)14(20-3)9-12-5-4-6-13(8-12)16(17,18)19/h4-8,14,20H,9H2,1-3H3. The van der Waals surface area contributed by atoms with Gasteiger partial charge < -0.3 is 5.32 Å². The average Bonchev–Trinajstić information content (AvgIpc) is 2.75. The molecule has 1 N–H and O–H groups in total. The van der Waals surface area contributed by atoms with E-state index < -0.39 is 11.7 Å². The Morgan fingerprint density at radius 1 is 1.19 bits per heavy atom. The SMILES string of the molecule is CNC(Cc1cccc(C(F)(F)F)c1)c1cc(C)c(C)s1. The van der Waals surface area contributed by atoms with Crippen molar-refractivity contribution in [3.8, 4) is 0 Å². The highest BCUT2D eigenvalue weighted by Gasteiger charge is 2.30.